The number of nitrogens with two attached hydrogens (primary N) is 1. The van der Waals surface area contributed by atoms with Crippen LogP contribution >= 0.6 is 0 Å². The first-order chi connectivity index (χ1) is 10.2. The first-order valence-corrected chi connectivity index (χ1v) is 6.84. The first kappa shape index (κ1) is 13.4. The van der Waals surface area contributed by atoms with E-state index in [-0.39, 0.29) is 0 Å². The highest BCUT2D eigenvalue weighted by Crippen LogP contribution is 2.22. The topological polar surface area (TPSA) is 64.1 Å². The van der Waals surface area contributed by atoms with E-state index in [1.807, 2.05) is 59.3 Å². The standard InChI is InChI=1S/C17H17N3O/c18-15-8-4-7-14(11-15)16(21)12-20-10-9-19-17(20)13-5-2-1-3-6-13/h1-11,16,21H,12,18H2. The Bertz CT molecular complexity index is 722. The van der Waals surface area contributed by atoms with Crippen LogP contribution in [0.3, 0.4) is 0 Å². The van der Waals surface area contributed by atoms with E-state index < -0.39 is 6.10 Å². The zero-order valence-corrected chi connectivity index (χ0v) is 11.6. The minimum absolute atomic E-state index is 0.438. The van der Waals surface area contributed by atoms with Gasteiger partial charge in [0, 0.05) is 23.6 Å². The minimum Gasteiger partial charge on any atom is -0.399 e. The molecule has 0 amide bonds. The summed E-state index contributed by atoms with van der Waals surface area (Å²) in [6.45, 7) is 0.438. The molecule has 1 aromatic heterocycles. The number of nitrogens with zero attached hydrogens (tertiary/aromatic N) is 2. The summed E-state index contributed by atoms with van der Waals surface area (Å²) in [7, 11) is 0. The molecule has 0 bridgehead atoms. The average molecular weight is 279 g/mol. The molecular weight excluding hydrogens is 262 g/mol. The lowest BCUT2D eigenvalue weighted by atomic mass is 10.1. The second-order valence-electron chi connectivity index (χ2n) is 4.96. The van der Waals surface area contributed by atoms with Crippen LogP contribution in [0.1, 0.15) is 11.7 Å². The first-order valence-electron chi connectivity index (χ1n) is 6.84. The van der Waals surface area contributed by atoms with Gasteiger partial charge in [0.2, 0.25) is 0 Å². The molecule has 1 heterocycles. The van der Waals surface area contributed by atoms with E-state index in [9.17, 15) is 5.11 Å². The molecule has 3 aromatic rings. The van der Waals surface area contributed by atoms with Crippen molar-refractivity contribution in [1.82, 2.24) is 9.55 Å². The van der Waals surface area contributed by atoms with Crippen LogP contribution in [0, 0.1) is 0 Å². The van der Waals surface area contributed by atoms with Crippen LogP contribution in [0.5, 0.6) is 0 Å². The van der Waals surface area contributed by atoms with E-state index in [1.54, 1.807) is 12.3 Å². The predicted octanol–water partition coefficient (Wildman–Crippen LogP) is 2.87. The van der Waals surface area contributed by atoms with Crippen LogP contribution in [0.25, 0.3) is 11.4 Å². The summed E-state index contributed by atoms with van der Waals surface area (Å²) in [6, 6.07) is 17.3. The summed E-state index contributed by atoms with van der Waals surface area (Å²) < 4.78 is 1.95. The summed E-state index contributed by atoms with van der Waals surface area (Å²) >= 11 is 0. The van der Waals surface area contributed by atoms with Crippen LogP contribution in [0.2, 0.25) is 0 Å². The maximum atomic E-state index is 10.4. The molecule has 0 saturated heterocycles. The second-order valence-corrected chi connectivity index (χ2v) is 4.96. The van der Waals surface area contributed by atoms with E-state index >= 15 is 0 Å². The van der Waals surface area contributed by atoms with Gasteiger partial charge in [-0.3, -0.25) is 0 Å². The Morgan fingerprint density at radius 1 is 1.10 bits per heavy atom. The van der Waals surface area contributed by atoms with Gasteiger partial charge >= 0.3 is 0 Å². The molecular formula is C17H17N3O. The molecule has 0 aliphatic heterocycles. The van der Waals surface area contributed by atoms with Crippen molar-refractivity contribution >= 4 is 5.69 Å². The second kappa shape index (κ2) is 5.81. The van der Waals surface area contributed by atoms with E-state index in [0.29, 0.717) is 12.2 Å². The number of rotatable bonds is 4. The van der Waals surface area contributed by atoms with E-state index in [4.69, 9.17) is 5.73 Å². The van der Waals surface area contributed by atoms with Gasteiger partial charge in [-0.1, -0.05) is 42.5 Å². The number of hydrogen-bond donors (Lipinski definition) is 2. The van der Waals surface area contributed by atoms with Gasteiger partial charge in [-0.15, -0.1) is 0 Å². The third kappa shape index (κ3) is 2.95. The number of anilines is 1. The highest BCUT2D eigenvalue weighted by Gasteiger charge is 2.12. The lowest BCUT2D eigenvalue weighted by Gasteiger charge is -2.14. The molecule has 0 saturated carbocycles. The number of benzene rings is 2. The Balaban J connectivity index is 1.85. The fourth-order valence-electron chi connectivity index (χ4n) is 2.36. The van der Waals surface area contributed by atoms with Gasteiger partial charge in [-0.2, -0.15) is 0 Å². The average Bonchev–Trinajstić information content (AvgIpc) is 2.96. The van der Waals surface area contributed by atoms with Gasteiger partial charge < -0.3 is 15.4 Å². The number of aromatic nitrogens is 2. The van der Waals surface area contributed by atoms with Crippen LogP contribution in [0.15, 0.2) is 67.0 Å². The molecule has 1 unspecified atom stereocenters. The lowest BCUT2D eigenvalue weighted by molar-refractivity contribution is 0.157. The molecule has 0 fully saturated rings. The molecule has 106 valence electrons. The predicted molar refractivity (Wildman–Crippen MR) is 83.5 cm³/mol. The third-order valence-corrected chi connectivity index (χ3v) is 3.41. The number of nitrogen functional groups attached to an aromatic ring is 1. The Kier molecular flexibility index (Phi) is 3.71. The molecule has 2 aromatic carbocycles. The van der Waals surface area contributed by atoms with Crippen molar-refractivity contribution in [3.05, 3.63) is 72.6 Å². The normalized spacial score (nSPS) is 12.2. The molecule has 3 rings (SSSR count). The van der Waals surface area contributed by atoms with Crippen molar-refractivity contribution in [2.45, 2.75) is 12.6 Å². The maximum Gasteiger partial charge on any atom is 0.139 e. The Hall–Kier alpha value is -2.59. The highest BCUT2D eigenvalue weighted by atomic mass is 16.3. The van der Waals surface area contributed by atoms with Crippen molar-refractivity contribution < 1.29 is 5.11 Å². The smallest absolute Gasteiger partial charge is 0.139 e. The molecule has 4 heteroatoms. The molecule has 0 spiro atoms. The van der Waals surface area contributed by atoms with E-state index in [0.717, 1.165) is 17.0 Å². The van der Waals surface area contributed by atoms with Crippen molar-refractivity contribution in [1.29, 1.82) is 0 Å². The van der Waals surface area contributed by atoms with Gasteiger partial charge in [0.25, 0.3) is 0 Å². The summed E-state index contributed by atoms with van der Waals surface area (Å²) in [5.74, 6) is 0.846. The zero-order valence-electron chi connectivity index (χ0n) is 11.6. The molecule has 0 radical (unpaired) electrons. The molecule has 0 aliphatic rings. The van der Waals surface area contributed by atoms with Crippen molar-refractivity contribution in [3.8, 4) is 11.4 Å². The van der Waals surface area contributed by atoms with Crippen LogP contribution < -0.4 is 5.73 Å². The summed E-state index contributed by atoms with van der Waals surface area (Å²) in [5, 5.41) is 10.4. The summed E-state index contributed by atoms with van der Waals surface area (Å²) in [6.07, 6.45) is 3.00. The van der Waals surface area contributed by atoms with Crippen molar-refractivity contribution in [3.63, 3.8) is 0 Å². The fraction of sp³-hybridized carbons (Fsp3) is 0.118. The summed E-state index contributed by atoms with van der Waals surface area (Å²) in [4.78, 5) is 4.38. The molecule has 21 heavy (non-hydrogen) atoms. The van der Waals surface area contributed by atoms with E-state index in [2.05, 4.69) is 4.98 Å². The van der Waals surface area contributed by atoms with Crippen molar-refractivity contribution in [2.75, 3.05) is 5.73 Å². The summed E-state index contributed by atoms with van der Waals surface area (Å²) in [5.41, 5.74) is 8.25. The van der Waals surface area contributed by atoms with Gasteiger partial charge in [0.15, 0.2) is 0 Å². The zero-order chi connectivity index (χ0) is 14.7. The van der Waals surface area contributed by atoms with Crippen molar-refractivity contribution in [2.24, 2.45) is 0 Å². The monoisotopic (exact) mass is 279 g/mol. The Morgan fingerprint density at radius 3 is 2.67 bits per heavy atom. The van der Waals surface area contributed by atoms with Crippen LogP contribution in [-0.2, 0) is 6.54 Å². The van der Waals surface area contributed by atoms with Gasteiger partial charge in [-0.05, 0) is 17.7 Å². The van der Waals surface area contributed by atoms with E-state index in [1.165, 1.54) is 0 Å². The largest absolute Gasteiger partial charge is 0.399 e. The molecule has 3 N–H and O–H groups in total. The van der Waals surface area contributed by atoms with Crippen LogP contribution in [-0.4, -0.2) is 14.7 Å². The highest BCUT2D eigenvalue weighted by molar-refractivity contribution is 5.55. The number of hydrogen-bond acceptors (Lipinski definition) is 3. The Labute approximate surface area is 123 Å². The number of imidazole rings is 1. The number of aliphatic hydroxyl groups is 1. The molecule has 1 atom stereocenters. The van der Waals surface area contributed by atoms with Crippen LogP contribution in [0.4, 0.5) is 5.69 Å². The maximum absolute atomic E-state index is 10.4. The minimum atomic E-state index is -0.620. The SMILES string of the molecule is Nc1cccc(C(O)Cn2ccnc2-c2ccccc2)c1. The van der Waals surface area contributed by atoms with Gasteiger partial charge in [0.1, 0.15) is 5.82 Å². The molecule has 4 nitrogen and oxygen atoms in total. The quantitative estimate of drug-likeness (QED) is 0.722. The number of aliphatic hydroxyl groups excluding tert-OH is 1. The lowest BCUT2D eigenvalue weighted by Crippen LogP contribution is -2.09. The Morgan fingerprint density at radius 2 is 1.90 bits per heavy atom. The van der Waals surface area contributed by atoms with Gasteiger partial charge in [0.05, 0.1) is 12.6 Å². The van der Waals surface area contributed by atoms with Gasteiger partial charge in [-0.25, -0.2) is 4.98 Å². The fourth-order valence-corrected chi connectivity index (χ4v) is 2.36. The molecule has 0 aliphatic carbocycles. The third-order valence-electron chi connectivity index (χ3n) is 3.41.